The largest absolute Gasteiger partial charge is 0.329 e. The lowest BCUT2D eigenvalue weighted by Crippen LogP contribution is -2.28. The first kappa shape index (κ1) is 15.0. The molecule has 0 spiro atoms. The molecule has 2 N–H and O–H groups in total. The van der Waals surface area contributed by atoms with Crippen LogP contribution in [0.2, 0.25) is 5.02 Å². The number of hydrogen-bond acceptors (Lipinski definition) is 2. The lowest BCUT2D eigenvalue weighted by atomic mass is 10.1. The number of rotatable bonds is 6. The number of nitrogens with two attached hydrogens (primary N) is 1. The zero-order chi connectivity index (χ0) is 14.4. The lowest BCUT2D eigenvalue weighted by Gasteiger charge is -2.22. The molecule has 0 saturated heterocycles. The third kappa shape index (κ3) is 4.60. The van der Waals surface area contributed by atoms with Gasteiger partial charge in [0.1, 0.15) is 5.82 Å². The Kier molecular flexibility index (Phi) is 5.53. The topological polar surface area (TPSA) is 29.3 Å². The second kappa shape index (κ2) is 7.39. The summed E-state index contributed by atoms with van der Waals surface area (Å²) >= 11 is 5.89. The summed E-state index contributed by atoms with van der Waals surface area (Å²) in [4.78, 5) is 2.18. The fourth-order valence-corrected chi connectivity index (χ4v) is 2.44. The quantitative estimate of drug-likeness (QED) is 0.884. The first-order chi connectivity index (χ1) is 9.67. The average Bonchev–Trinajstić information content (AvgIpc) is 2.39. The van der Waals surface area contributed by atoms with Crippen molar-refractivity contribution in [3.63, 3.8) is 0 Å². The van der Waals surface area contributed by atoms with Crippen LogP contribution < -0.4 is 5.73 Å². The van der Waals surface area contributed by atoms with E-state index in [9.17, 15) is 4.39 Å². The van der Waals surface area contributed by atoms with Crippen LogP contribution in [0.3, 0.4) is 0 Å². The number of benzene rings is 2. The van der Waals surface area contributed by atoms with Crippen molar-refractivity contribution in [2.24, 2.45) is 5.73 Å². The van der Waals surface area contributed by atoms with Gasteiger partial charge in [0.2, 0.25) is 0 Å². The van der Waals surface area contributed by atoms with Crippen molar-refractivity contribution in [3.8, 4) is 0 Å². The van der Waals surface area contributed by atoms with Crippen LogP contribution in [0.15, 0.2) is 48.5 Å². The van der Waals surface area contributed by atoms with E-state index in [-0.39, 0.29) is 5.82 Å². The molecule has 4 heteroatoms. The molecule has 2 nitrogen and oxygen atoms in total. The van der Waals surface area contributed by atoms with E-state index < -0.39 is 0 Å². The van der Waals surface area contributed by atoms with Crippen molar-refractivity contribution in [2.75, 3.05) is 13.1 Å². The Hall–Kier alpha value is -1.42. The highest BCUT2D eigenvalue weighted by atomic mass is 35.5. The summed E-state index contributed by atoms with van der Waals surface area (Å²) in [6.07, 6.45) is 0. The van der Waals surface area contributed by atoms with Gasteiger partial charge in [-0.2, -0.15) is 0 Å². The highest BCUT2D eigenvalue weighted by molar-refractivity contribution is 6.30. The molecule has 2 aromatic carbocycles. The van der Waals surface area contributed by atoms with Gasteiger partial charge in [-0.1, -0.05) is 41.9 Å². The minimum absolute atomic E-state index is 0.306. The standard InChI is InChI=1S/C16H18ClFN2/c17-15-8-14(9-16(18)10-15)12-20(7-6-19)11-13-4-2-1-3-5-13/h1-5,8-10H,6-7,11-12,19H2. The molecule has 106 valence electrons. The molecule has 0 fully saturated rings. The average molecular weight is 293 g/mol. The lowest BCUT2D eigenvalue weighted by molar-refractivity contribution is 0.264. The summed E-state index contributed by atoms with van der Waals surface area (Å²) in [7, 11) is 0. The van der Waals surface area contributed by atoms with Gasteiger partial charge in [-0.15, -0.1) is 0 Å². The Morgan fingerprint density at radius 2 is 1.70 bits per heavy atom. The van der Waals surface area contributed by atoms with Gasteiger partial charge in [0.05, 0.1) is 0 Å². The Morgan fingerprint density at radius 1 is 1.00 bits per heavy atom. The molecule has 0 aliphatic carbocycles. The van der Waals surface area contributed by atoms with Crippen molar-refractivity contribution in [1.29, 1.82) is 0 Å². The van der Waals surface area contributed by atoms with Crippen LogP contribution in [0.5, 0.6) is 0 Å². The summed E-state index contributed by atoms with van der Waals surface area (Å²) in [6, 6.07) is 14.8. The molecule has 0 aliphatic rings. The number of nitrogens with zero attached hydrogens (tertiary/aromatic N) is 1. The summed E-state index contributed by atoms with van der Waals surface area (Å²) < 4.78 is 13.4. The minimum Gasteiger partial charge on any atom is -0.329 e. The van der Waals surface area contributed by atoms with Gasteiger partial charge in [0.25, 0.3) is 0 Å². The van der Waals surface area contributed by atoms with Gasteiger partial charge in [-0.25, -0.2) is 4.39 Å². The SMILES string of the molecule is NCCN(Cc1ccccc1)Cc1cc(F)cc(Cl)c1. The molecule has 2 aromatic rings. The maximum atomic E-state index is 13.4. The van der Waals surface area contributed by atoms with E-state index in [1.807, 2.05) is 18.2 Å². The maximum Gasteiger partial charge on any atom is 0.125 e. The van der Waals surface area contributed by atoms with E-state index in [1.165, 1.54) is 17.7 Å². The summed E-state index contributed by atoms with van der Waals surface area (Å²) in [5.74, 6) is -0.306. The summed E-state index contributed by atoms with van der Waals surface area (Å²) in [6.45, 7) is 2.73. The monoisotopic (exact) mass is 292 g/mol. The maximum absolute atomic E-state index is 13.4. The molecular weight excluding hydrogens is 275 g/mol. The fraction of sp³-hybridized carbons (Fsp3) is 0.250. The van der Waals surface area contributed by atoms with Crippen molar-refractivity contribution < 1.29 is 4.39 Å². The first-order valence-corrected chi connectivity index (χ1v) is 6.96. The van der Waals surface area contributed by atoms with Gasteiger partial charge >= 0.3 is 0 Å². The highest BCUT2D eigenvalue weighted by Crippen LogP contribution is 2.16. The fourth-order valence-electron chi connectivity index (χ4n) is 2.20. The van der Waals surface area contributed by atoms with Crippen LogP contribution in [-0.2, 0) is 13.1 Å². The van der Waals surface area contributed by atoms with Crippen LogP contribution in [0, 0.1) is 5.82 Å². The Balaban J connectivity index is 2.08. The zero-order valence-corrected chi connectivity index (χ0v) is 12.0. The molecule has 2 rings (SSSR count). The van der Waals surface area contributed by atoms with Crippen LogP contribution in [0.25, 0.3) is 0 Å². The predicted molar refractivity (Wildman–Crippen MR) is 81.0 cm³/mol. The van der Waals surface area contributed by atoms with Gasteiger partial charge in [0, 0.05) is 31.2 Å². The Bertz CT molecular complexity index is 525. The third-order valence-corrected chi connectivity index (χ3v) is 3.24. The molecule has 0 heterocycles. The van der Waals surface area contributed by atoms with Crippen LogP contribution in [0.1, 0.15) is 11.1 Å². The van der Waals surface area contributed by atoms with E-state index in [0.29, 0.717) is 18.1 Å². The van der Waals surface area contributed by atoms with Crippen LogP contribution in [0.4, 0.5) is 4.39 Å². The second-order valence-electron chi connectivity index (χ2n) is 4.76. The van der Waals surface area contributed by atoms with E-state index in [2.05, 4.69) is 17.0 Å². The molecule has 0 radical (unpaired) electrons. The molecule has 0 bridgehead atoms. The van der Waals surface area contributed by atoms with Gasteiger partial charge in [-0.3, -0.25) is 4.90 Å². The van der Waals surface area contributed by atoms with Gasteiger partial charge in [-0.05, 0) is 29.3 Å². The molecular formula is C16H18ClFN2. The smallest absolute Gasteiger partial charge is 0.125 e. The molecule has 0 amide bonds. The first-order valence-electron chi connectivity index (χ1n) is 6.58. The van der Waals surface area contributed by atoms with Crippen LogP contribution >= 0.6 is 11.6 Å². The Morgan fingerprint density at radius 3 is 2.35 bits per heavy atom. The third-order valence-electron chi connectivity index (χ3n) is 3.02. The van der Waals surface area contributed by atoms with E-state index in [1.54, 1.807) is 6.07 Å². The molecule has 0 saturated carbocycles. The van der Waals surface area contributed by atoms with Crippen molar-refractivity contribution in [1.82, 2.24) is 4.90 Å². The highest BCUT2D eigenvalue weighted by Gasteiger charge is 2.08. The Labute approximate surface area is 124 Å². The molecule has 0 unspecified atom stereocenters. The predicted octanol–water partition coefficient (Wildman–Crippen LogP) is 3.44. The molecule has 0 atom stereocenters. The summed E-state index contributed by atoms with van der Waals surface area (Å²) in [5.41, 5.74) is 7.73. The van der Waals surface area contributed by atoms with Crippen molar-refractivity contribution in [2.45, 2.75) is 13.1 Å². The van der Waals surface area contributed by atoms with Crippen LogP contribution in [-0.4, -0.2) is 18.0 Å². The number of hydrogen-bond donors (Lipinski definition) is 1. The van der Waals surface area contributed by atoms with E-state index in [4.69, 9.17) is 17.3 Å². The van der Waals surface area contributed by atoms with Crippen molar-refractivity contribution in [3.05, 3.63) is 70.5 Å². The second-order valence-corrected chi connectivity index (χ2v) is 5.20. The normalized spacial score (nSPS) is 11.0. The van der Waals surface area contributed by atoms with Gasteiger partial charge in [0.15, 0.2) is 0 Å². The van der Waals surface area contributed by atoms with Gasteiger partial charge < -0.3 is 5.73 Å². The molecule has 20 heavy (non-hydrogen) atoms. The summed E-state index contributed by atoms with van der Waals surface area (Å²) in [5, 5.41) is 0.424. The number of halogens is 2. The molecule has 0 aliphatic heterocycles. The zero-order valence-electron chi connectivity index (χ0n) is 11.2. The van der Waals surface area contributed by atoms with Crippen molar-refractivity contribution >= 4 is 11.6 Å². The minimum atomic E-state index is -0.306. The van der Waals surface area contributed by atoms with E-state index in [0.717, 1.165) is 18.7 Å². The molecule has 0 aromatic heterocycles. The van der Waals surface area contributed by atoms with E-state index >= 15 is 0 Å².